The second-order valence-corrected chi connectivity index (χ2v) is 6.45. The lowest BCUT2D eigenvalue weighted by Crippen LogP contribution is -2.39. The summed E-state index contributed by atoms with van der Waals surface area (Å²) < 4.78 is 0. The Hall–Kier alpha value is -0.900. The van der Waals surface area contributed by atoms with Crippen LogP contribution >= 0.6 is 0 Å². The van der Waals surface area contributed by atoms with Crippen LogP contribution in [0.1, 0.15) is 35.6 Å². The molecular weight excluding hydrogens is 246 g/mol. The van der Waals surface area contributed by atoms with E-state index < -0.39 is 0 Å². The fraction of sp³-hybridized carbons (Fsp3) is 0.647. The molecule has 1 aliphatic heterocycles. The third-order valence-electron chi connectivity index (χ3n) is 4.66. The molecule has 20 heavy (non-hydrogen) atoms. The van der Waals surface area contributed by atoms with Crippen molar-refractivity contribution in [3.8, 4) is 0 Å². The molecule has 1 aromatic carbocycles. The zero-order valence-electron chi connectivity index (χ0n) is 13.4. The molecule has 112 valence electrons. The number of hydrogen-bond donors (Lipinski definition) is 1. The number of likely N-dealkylation sites (tertiary alicyclic amines) is 1. The number of likely N-dealkylation sites (N-methyl/N-ethyl adjacent to an activating group) is 2. The van der Waals surface area contributed by atoms with Crippen LogP contribution in [0.5, 0.6) is 0 Å². The molecule has 1 fully saturated rings. The van der Waals surface area contributed by atoms with Gasteiger partial charge in [0, 0.05) is 25.2 Å². The van der Waals surface area contributed by atoms with Crippen molar-refractivity contribution in [1.82, 2.24) is 9.80 Å². The van der Waals surface area contributed by atoms with E-state index in [4.69, 9.17) is 5.73 Å². The fourth-order valence-electron chi connectivity index (χ4n) is 3.08. The standard InChI is InChI=1S/C17H29N3/c1-13-7-8-15(10-14(13)2)17(18)12-19(3)11-16-6-5-9-20(16)4/h7-8,10,16-17H,5-6,9,11-12,18H2,1-4H3. The van der Waals surface area contributed by atoms with E-state index in [1.165, 1.54) is 36.1 Å². The molecule has 0 bridgehead atoms. The van der Waals surface area contributed by atoms with Crippen LogP contribution in [0.3, 0.4) is 0 Å². The van der Waals surface area contributed by atoms with Crippen molar-refractivity contribution in [2.75, 3.05) is 33.7 Å². The van der Waals surface area contributed by atoms with Crippen LogP contribution in [0.15, 0.2) is 18.2 Å². The third-order valence-corrected chi connectivity index (χ3v) is 4.66. The fourth-order valence-corrected chi connectivity index (χ4v) is 3.08. The Morgan fingerprint density at radius 2 is 2.10 bits per heavy atom. The average molecular weight is 275 g/mol. The van der Waals surface area contributed by atoms with E-state index in [0.717, 1.165) is 13.1 Å². The molecule has 2 N–H and O–H groups in total. The molecule has 1 heterocycles. The van der Waals surface area contributed by atoms with E-state index in [-0.39, 0.29) is 6.04 Å². The van der Waals surface area contributed by atoms with E-state index in [0.29, 0.717) is 6.04 Å². The summed E-state index contributed by atoms with van der Waals surface area (Å²) in [6.07, 6.45) is 2.65. The molecular formula is C17H29N3. The van der Waals surface area contributed by atoms with Crippen molar-refractivity contribution in [3.05, 3.63) is 34.9 Å². The highest BCUT2D eigenvalue weighted by atomic mass is 15.2. The van der Waals surface area contributed by atoms with Crippen molar-refractivity contribution in [3.63, 3.8) is 0 Å². The van der Waals surface area contributed by atoms with Gasteiger partial charge >= 0.3 is 0 Å². The number of rotatable bonds is 5. The van der Waals surface area contributed by atoms with Crippen LogP contribution in [-0.4, -0.2) is 49.6 Å². The second-order valence-electron chi connectivity index (χ2n) is 6.45. The predicted octanol–water partition coefficient (Wildman–Crippen LogP) is 2.33. The molecule has 3 heteroatoms. The van der Waals surface area contributed by atoms with Gasteiger partial charge in [-0.25, -0.2) is 0 Å². The van der Waals surface area contributed by atoms with Gasteiger partial charge < -0.3 is 15.5 Å². The summed E-state index contributed by atoms with van der Waals surface area (Å²) >= 11 is 0. The maximum Gasteiger partial charge on any atom is 0.0424 e. The van der Waals surface area contributed by atoms with E-state index in [2.05, 4.69) is 55.9 Å². The number of hydrogen-bond acceptors (Lipinski definition) is 3. The predicted molar refractivity (Wildman–Crippen MR) is 86.0 cm³/mol. The lowest BCUT2D eigenvalue weighted by Gasteiger charge is -2.28. The molecule has 0 saturated carbocycles. The molecule has 2 atom stereocenters. The Morgan fingerprint density at radius 3 is 2.70 bits per heavy atom. The largest absolute Gasteiger partial charge is 0.323 e. The molecule has 2 rings (SSSR count). The Bertz CT molecular complexity index is 444. The first-order valence-corrected chi connectivity index (χ1v) is 7.69. The quantitative estimate of drug-likeness (QED) is 0.895. The SMILES string of the molecule is Cc1ccc(C(N)CN(C)CC2CCCN2C)cc1C. The van der Waals surface area contributed by atoms with E-state index in [1.807, 2.05) is 0 Å². The third kappa shape index (κ3) is 3.81. The van der Waals surface area contributed by atoms with Crippen molar-refractivity contribution in [2.45, 2.75) is 38.8 Å². The summed E-state index contributed by atoms with van der Waals surface area (Å²) in [7, 11) is 4.42. The molecule has 0 amide bonds. The lowest BCUT2D eigenvalue weighted by atomic mass is 10.0. The molecule has 0 aromatic heterocycles. The van der Waals surface area contributed by atoms with Crippen LogP contribution in [0.2, 0.25) is 0 Å². The van der Waals surface area contributed by atoms with Crippen LogP contribution in [0.25, 0.3) is 0 Å². The van der Waals surface area contributed by atoms with Gasteiger partial charge in [0.15, 0.2) is 0 Å². The lowest BCUT2D eigenvalue weighted by molar-refractivity contribution is 0.213. The summed E-state index contributed by atoms with van der Waals surface area (Å²) in [6, 6.07) is 7.38. The first kappa shape index (κ1) is 15.5. The molecule has 2 unspecified atom stereocenters. The van der Waals surface area contributed by atoms with Gasteiger partial charge in [0.25, 0.3) is 0 Å². The van der Waals surface area contributed by atoms with Gasteiger partial charge in [0.05, 0.1) is 0 Å². The molecule has 3 nitrogen and oxygen atoms in total. The minimum absolute atomic E-state index is 0.103. The van der Waals surface area contributed by atoms with Gasteiger partial charge in [0.2, 0.25) is 0 Å². The number of aryl methyl sites for hydroxylation is 2. The topological polar surface area (TPSA) is 32.5 Å². The van der Waals surface area contributed by atoms with Crippen LogP contribution < -0.4 is 5.73 Å². The molecule has 1 aromatic rings. The van der Waals surface area contributed by atoms with E-state index >= 15 is 0 Å². The molecule has 1 aliphatic rings. The van der Waals surface area contributed by atoms with Crippen molar-refractivity contribution < 1.29 is 0 Å². The Kier molecular flexibility index (Phi) is 5.19. The van der Waals surface area contributed by atoms with E-state index in [9.17, 15) is 0 Å². The summed E-state index contributed by atoms with van der Waals surface area (Å²) in [5.74, 6) is 0. The maximum absolute atomic E-state index is 6.37. The van der Waals surface area contributed by atoms with Gasteiger partial charge in [-0.1, -0.05) is 18.2 Å². The zero-order chi connectivity index (χ0) is 14.7. The minimum atomic E-state index is 0.103. The Balaban J connectivity index is 1.89. The smallest absolute Gasteiger partial charge is 0.0424 e. The van der Waals surface area contributed by atoms with Gasteiger partial charge in [-0.15, -0.1) is 0 Å². The highest BCUT2D eigenvalue weighted by Crippen LogP contribution is 2.18. The number of benzene rings is 1. The summed E-state index contributed by atoms with van der Waals surface area (Å²) in [5, 5.41) is 0. The van der Waals surface area contributed by atoms with Gasteiger partial charge in [0.1, 0.15) is 0 Å². The maximum atomic E-state index is 6.37. The highest BCUT2D eigenvalue weighted by Gasteiger charge is 2.22. The number of nitrogens with zero attached hydrogens (tertiary/aromatic N) is 2. The highest BCUT2D eigenvalue weighted by molar-refractivity contribution is 5.31. The average Bonchev–Trinajstić information content (AvgIpc) is 2.78. The Morgan fingerprint density at radius 1 is 1.35 bits per heavy atom. The monoisotopic (exact) mass is 275 g/mol. The van der Waals surface area contributed by atoms with Crippen LogP contribution in [-0.2, 0) is 0 Å². The van der Waals surface area contributed by atoms with E-state index in [1.54, 1.807) is 0 Å². The van der Waals surface area contributed by atoms with Crippen molar-refractivity contribution in [2.24, 2.45) is 5.73 Å². The molecule has 0 radical (unpaired) electrons. The molecule has 0 aliphatic carbocycles. The molecule has 1 saturated heterocycles. The molecule has 0 spiro atoms. The van der Waals surface area contributed by atoms with Gasteiger partial charge in [-0.05, 0) is 64.0 Å². The van der Waals surface area contributed by atoms with Crippen molar-refractivity contribution >= 4 is 0 Å². The first-order chi connectivity index (χ1) is 9.47. The van der Waals surface area contributed by atoms with Gasteiger partial charge in [-0.3, -0.25) is 0 Å². The number of nitrogens with two attached hydrogens (primary N) is 1. The summed E-state index contributed by atoms with van der Waals surface area (Å²) in [4.78, 5) is 4.85. The second kappa shape index (κ2) is 6.70. The minimum Gasteiger partial charge on any atom is -0.323 e. The summed E-state index contributed by atoms with van der Waals surface area (Å²) in [6.45, 7) is 7.58. The van der Waals surface area contributed by atoms with Crippen LogP contribution in [0.4, 0.5) is 0 Å². The van der Waals surface area contributed by atoms with Crippen molar-refractivity contribution in [1.29, 1.82) is 0 Å². The Labute approximate surface area is 123 Å². The zero-order valence-corrected chi connectivity index (χ0v) is 13.4. The first-order valence-electron chi connectivity index (χ1n) is 7.69. The van der Waals surface area contributed by atoms with Gasteiger partial charge in [-0.2, -0.15) is 0 Å². The van der Waals surface area contributed by atoms with Crippen LogP contribution in [0, 0.1) is 13.8 Å². The summed E-state index contributed by atoms with van der Waals surface area (Å²) in [5.41, 5.74) is 10.3. The normalized spacial score (nSPS) is 21.6.